The van der Waals surface area contributed by atoms with Gasteiger partial charge in [0.2, 0.25) is 0 Å². The van der Waals surface area contributed by atoms with E-state index < -0.39 is 23.3 Å². The summed E-state index contributed by atoms with van der Waals surface area (Å²) in [4.78, 5) is 24.5. The van der Waals surface area contributed by atoms with Crippen LogP contribution in [-0.4, -0.2) is 12.5 Å². The number of carbonyl (C=O) groups excluding carboxylic acids is 1. The van der Waals surface area contributed by atoms with Crippen LogP contribution in [0.15, 0.2) is 51.7 Å². The first-order valence-corrected chi connectivity index (χ1v) is 8.45. The van der Waals surface area contributed by atoms with Crippen LogP contribution >= 0.6 is 11.6 Å². The molecule has 2 aromatic carbocycles. The Morgan fingerprint density at radius 1 is 1.18 bits per heavy atom. The van der Waals surface area contributed by atoms with Gasteiger partial charge in [0, 0.05) is 17.5 Å². The Morgan fingerprint density at radius 2 is 1.93 bits per heavy atom. The van der Waals surface area contributed by atoms with Gasteiger partial charge in [0.05, 0.1) is 28.4 Å². The first-order valence-electron chi connectivity index (χ1n) is 8.08. The zero-order valence-corrected chi connectivity index (χ0v) is 15.1. The lowest BCUT2D eigenvalue weighted by molar-refractivity contribution is -0.137. The number of ether oxygens (including phenoxy) is 1. The number of hydrogen-bond acceptors (Lipinski definition) is 4. The Morgan fingerprint density at radius 3 is 2.61 bits per heavy atom. The van der Waals surface area contributed by atoms with E-state index in [0.717, 1.165) is 24.3 Å². The maximum absolute atomic E-state index is 12.9. The highest BCUT2D eigenvalue weighted by atomic mass is 35.5. The number of carbonyl (C=O) groups is 1. The summed E-state index contributed by atoms with van der Waals surface area (Å²) in [6, 6.07) is 8.08. The van der Waals surface area contributed by atoms with E-state index >= 15 is 0 Å². The molecule has 0 bridgehead atoms. The summed E-state index contributed by atoms with van der Waals surface area (Å²) in [5.41, 5.74) is -1.94. The van der Waals surface area contributed by atoms with Crippen molar-refractivity contribution in [2.24, 2.45) is 0 Å². The molecule has 146 valence electrons. The molecule has 9 heteroatoms. The Bertz CT molecular complexity index is 1110. The third kappa shape index (κ3) is 4.12. The maximum Gasteiger partial charge on any atom is 0.416 e. The third-order valence-electron chi connectivity index (χ3n) is 3.81. The van der Waals surface area contributed by atoms with Crippen molar-refractivity contribution in [3.05, 3.63) is 69.0 Å². The Kier molecular flexibility index (Phi) is 5.33. The summed E-state index contributed by atoms with van der Waals surface area (Å²) in [5, 5.41) is 2.53. The highest BCUT2D eigenvalue weighted by molar-refractivity contribution is 6.34. The van der Waals surface area contributed by atoms with Gasteiger partial charge in [0.25, 0.3) is 5.91 Å². The van der Waals surface area contributed by atoms with E-state index in [0.29, 0.717) is 17.7 Å². The average Bonchev–Trinajstić information content (AvgIpc) is 2.61. The van der Waals surface area contributed by atoms with Gasteiger partial charge in [-0.05, 0) is 37.3 Å². The van der Waals surface area contributed by atoms with E-state index in [1.165, 1.54) is 12.1 Å². The lowest BCUT2D eigenvalue weighted by Gasteiger charge is -2.12. The number of nitrogens with one attached hydrogen (secondary N) is 1. The summed E-state index contributed by atoms with van der Waals surface area (Å²) in [7, 11) is 0. The summed E-state index contributed by atoms with van der Waals surface area (Å²) in [6.45, 7) is 2.17. The van der Waals surface area contributed by atoms with Crippen LogP contribution in [0.25, 0.3) is 11.0 Å². The fourth-order valence-corrected chi connectivity index (χ4v) is 2.74. The minimum atomic E-state index is -4.60. The Labute approximate surface area is 161 Å². The summed E-state index contributed by atoms with van der Waals surface area (Å²) in [6.07, 6.45) is -4.60. The van der Waals surface area contributed by atoms with Crippen molar-refractivity contribution in [3.8, 4) is 5.75 Å². The Balaban J connectivity index is 2.01. The van der Waals surface area contributed by atoms with Gasteiger partial charge in [0.1, 0.15) is 11.3 Å². The van der Waals surface area contributed by atoms with Crippen molar-refractivity contribution in [2.75, 3.05) is 11.9 Å². The van der Waals surface area contributed by atoms with Crippen LogP contribution in [-0.2, 0) is 6.18 Å². The number of benzene rings is 2. The Hall–Kier alpha value is -3.00. The third-order valence-corrected chi connectivity index (χ3v) is 4.14. The molecule has 1 amide bonds. The van der Waals surface area contributed by atoms with E-state index in [4.69, 9.17) is 20.8 Å². The van der Waals surface area contributed by atoms with E-state index in [1.807, 2.05) is 0 Å². The zero-order chi connectivity index (χ0) is 20.5. The molecule has 1 aromatic heterocycles. The smallest absolute Gasteiger partial charge is 0.416 e. The van der Waals surface area contributed by atoms with Crippen LogP contribution in [0, 0.1) is 0 Å². The molecule has 3 rings (SSSR count). The molecule has 0 atom stereocenters. The van der Waals surface area contributed by atoms with Crippen molar-refractivity contribution in [1.29, 1.82) is 0 Å². The van der Waals surface area contributed by atoms with Gasteiger partial charge in [-0.2, -0.15) is 13.2 Å². The van der Waals surface area contributed by atoms with Crippen molar-refractivity contribution < 1.29 is 27.1 Å². The number of fused-ring (bicyclic) bond motifs is 1. The number of anilines is 1. The maximum atomic E-state index is 12.9. The fraction of sp³-hybridized carbons (Fsp3) is 0.158. The number of rotatable bonds is 4. The van der Waals surface area contributed by atoms with Gasteiger partial charge in [-0.3, -0.25) is 4.79 Å². The van der Waals surface area contributed by atoms with E-state index in [2.05, 4.69) is 5.32 Å². The monoisotopic (exact) mass is 411 g/mol. The summed E-state index contributed by atoms with van der Waals surface area (Å²) in [5.74, 6) is -0.361. The molecular weight excluding hydrogens is 399 g/mol. The number of alkyl halides is 3. The van der Waals surface area contributed by atoms with Gasteiger partial charge in [0.15, 0.2) is 0 Å². The minimum absolute atomic E-state index is 0.0669. The molecule has 28 heavy (non-hydrogen) atoms. The molecule has 0 aliphatic carbocycles. The molecule has 0 radical (unpaired) electrons. The number of amides is 1. The second kappa shape index (κ2) is 7.55. The van der Waals surface area contributed by atoms with Crippen molar-refractivity contribution >= 4 is 34.2 Å². The quantitative estimate of drug-likeness (QED) is 0.605. The standard InChI is InChI=1S/C19H13ClF3NO4/c1-2-27-11-4-5-12-13(9-17(25)28-16(12)8-11)18(26)24-15-7-10(19(21,22)23)3-6-14(15)20/h3-9H,2H2,1H3,(H,24,26). The normalized spacial score (nSPS) is 11.5. The first kappa shape index (κ1) is 19.8. The number of hydrogen-bond donors (Lipinski definition) is 1. The number of halogens is 4. The van der Waals surface area contributed by atoms with E-state index in [-0.39, 0.29) is 21.9 Å². The lowest BCUT2D eigenvalue weighted by atomic mass is 10.1. The molecular formula is C19H13ClF3NO4. The van der Waals surface area contributed by atoms with Crippen LogP contribution in [0.3, 0.4) is 0 Å². The summed E-state index contributed by atoms with van der Waals surface area (Å²) >= 11 is 5.90. The minimum Gasteiger partial charge on any atom is -0.494 e. The van der Waals surface area contributed by atoms with Gasteiger partial charge in [-0.1, -0.05) is 11.6 Å². The fourth-order valence-electron chi connectivity index (χ4n) is 2.57. The summed E-state index contributed by atoms with van der Waals surface area (Å²) < 4.78 is 49.1. The molecule has 0 saturated carbocycles. The predicted molar refractivity (Wildman–Crippen MR) is 98.1 cm³/mol. The van der Waals surface area contributed by atoms with Crippen molar-refractivity contribution in [3.63, 3.8) is 0 Å². The first-order chi connectivity index (χ1) is 13.2. The molecule has 0 aliphatic rings. The van der Waals surface area contributed by atoms with Crippen LogP contribution in [0.5, 0.6) is 5.75 Å². The highest BCUT2D eigenvalue weighted by Crippen LogP contribution is 2.34. The predicted octanol–water partition coefficient (Wildman–Crippen LogP) is 5.12. The molecule has 0 unspecified atom stereocenters. The molecule has 0 fully saturated rings. The van der Waals surface area contributed by atoms with Gasteiger partial charge in [-0.15, -0.1) is 0 Å². The molecule has 1 heterocycles. The van der Waals surface area contributed by atoms with Crippen molar-refractivity contribution in [1.82, 2.24) is 0 Å². The van der Waals surface area contributed by atoms with Crippen LogP contribution in [0.4, 0.5) is 18.9 Å². The van der Waals surface area contributed by atoms with Gasteiger partial charge in [-0.25, -0.2) is 4.79 Å². The lowest BCUT2D eigenvalue weighted by Crippen LogP contribution is -2.16. The van der Waals surface area contributed by atoms with Crippen LogP contribution in [0.1, 0.15) is 22.8 Å². The van der Waals surface area contributed by atoms with Crippen molar-refractivity contribution in [2.45, 2.75) is 13.1 Å². The highest BCUT2D eigenvalue weighted by Gasteiger charge is 2.31. The molecule has 0 aliphatic heterocycles. The van der Waals surface area contributed by atoms with E-state index in [9.17, 15) is 22.8 Å². The molecule has 5 nitrogen and oxygen atoms in total. The second-order valence-corrected chi connectivity index (χ2v) is 6.12. The average molecular weight is 412 g/mol. The van der Waals surface area contributed by atoms with Crippen LogP contribution < -0.4 is 15.7 Å². The van der Waals surface area contributed by atoms with Gasteiger partial charge < -0.3 is 14.5 Å². The SMILES string of the molecule is CCOc1ccc2c(C(=O)Nc3cc(C(F)(F)F)ccc3Cl)cc(=O)oc2c1. The molecule has 0 saturated heterocycles. The van der Waals surface area contributed by atoms with E-state index in [1.54, 1.807) is 13.0 Å². The topological polar surface area (TPSA) is 68.5 Å². The largest absolute Gasteiger partial charge is 0.494 e. The second-order valence-electron chi connectivity index (χ2n) is 5.72. The van der Waals surface area contributed by atoms with Gasteiger partial charge >= 0.3 is 11.8 Å². The molecule has 0 spiro atoms. The molecule has 3 aromatic rings. The zero-order valence-electron chi connectivity index (χ0n) is 14.4. The van der Waals surface area contributed by atoms with Crippen LogP contribution in [0.2, 0.25) is 5.02 Å². The molecule has 1 N–H and O–H groups in total.